The van der Waals surface area contributed by atoms with Gasteiger partial charge in [0.2, 0.25) is 5.91 Å². The number of rotatable bonds is 7. The van der Waals surface area contributed by atoms with E-state index in [0.717, 1.165) is 10.2 Å². The minimum absolute atomic E-state index is 0.0334. The number of anilines is 1. The standard InChI is InChI=1S/C20H27BrN2O5S2/c1-5-27-16-8-13(21)14(9-17(16)28-6-2)23-15-10-30(25,26)11-18(15)29-20(23)22-19(24)7-12(3)4/h8-9,12,15,18H,5-7,10-11H2,1-4H3. The Hall–Kier alpha value is -1.26. The number of hydrogen-bond acceptors (Lipinski definition) is 6. The van der Waals surface area contributed by atoms with Gasteiger partial charge in [-0.3, -0.25) is 4.79 Å². The van der Waals surface area contributed by atoms with Gasteiger partial charge in [0.05, 0.1) is 36.4 Å². The fourth-order valence-corrected chi connectivity index (χ4v) is 8.03. The second-order valence-corrected chi connectivity index (χ2v) is 11.9. The first-order chi connectivity index (χ1) is 14.1. The summed E-state index contributed by atoms with van der Waals surface area (Å²) < 4.78 is 36.7. The Labute approximate surface area is 190 Å². The number of hydrogen-bond donors (Lipinski definition) is 0. The number of amidine groups is 1. The summed E-state index contributed by atoms with van der Waals surface area (Å²) in [5.41, 5.74) is 0.718. The van der Waals surface area contributed by atoms with E-state index < -0.39 is 9.84 Å². The van der Waals surface area contributed by atoms with E-state index in [-0.39, 0.29) is 34.6 Å². The van der Waals surface area contributed by atoms with Crippen LogP contribution in [-0.2, 0) is 14.6 Å². The fraction of sp³-hybridized carbons (Fsp3) is 0.600. The zero-order chi connectivity index (χ0) is 22.1. The largest absolute Gasteiger partial charge is 0.490 e. The molecule has 2 saturated heterocycles. The number of carbonyl (C=O) groups excluding carboxylic acids is 1. The molecule has 2 fully saturated rings. The molecule has 0 N–H and O–H groups in total. The molecule has 0 aromatic heterocycles. The average Bonchev–Trinajstić information content (AvgIpc) is 3.08. The normalized spacial score (nSPS) is 23.8. The van der Waals surface area contributed by atoms with Crippen LogP contribution in [0.1, 0.15) is 34.1 Å². The maximum atomic E-state index is 12.4. The van der Waals surface area contributed by atoms with E-state index in [1.807, 2.05) is 44.7 Å². The first-order valence-electron chi connectivity index (χ1n) is 10.0. The number of benzene rings is 1. The van der Waals surface area contributed by atoms with Crippen LogP contribution in [0.15, 0.2) is 21.6 Å². The molecule has 3 rings (SSSR count). The van der Waals surface area contributed by atoms with E-state index in [9.17, 15) is 13.2 Å². The number of nitrogens with zero attached hydrogens (tertiary/aromatic N) is 2. The Morgan fingerprint density at radius 3 is 2.47 bits per heavy atom. The molecule has 1 aromatic rings. The van der Waals surface area contributed by atoms with Crippen molar-refractivity contribution in [2.75, 3.05) is 29.6 Å². The van der Waals surface area contributed by atoms with Crippen LogP contribution in [-0.4, -0.2) is 55.5 Å². The predicted octanol–water partition coefficient (Wildman–Crippen LogP) is 3.89. The summed E-state index contributed by atoms with van der Waals surface area (Å²) in [4.78, 5) is 18.7. The second-order valence-electron chi connectivity index (χ2n) is 7.67. The Morgan fingerprint density at radius 1 is 1.23 bits per heavy atom. The predicted molar refractivity (Wildman–Crippen MR) is 125 cm³/mol. The molecule has 1 aromatic carbocycles. The monoisotopic (exact) mass is 518 g/mol. The third kappa shape index (κ3) is 5.13. The van der Waals surface area contributed by atoms with E-state index >= 15 is 0 Å². The van der Waals surface area contributed by atoms with Crippen LogP contribution in [0.25, 0.3) is 0 Å². The first kappa shape index (κ1) is 23.4. The highest BCUT2D eigenvalue weighted by molar-refractivity contribution is 9.10. The number of ether oxygens (including phenoxy) is 2. The molecule has 0 aliphatic carbocycles. The SMILES string of the molecule is CCOc1cc(Br)c(N2C(=NC(=O)CC(C)C)SC3CS(=O)(=O)CC32)cc1OCC. The van der Waals surface area contributed by atoms with Gasteiger partial charge in [-0.2, -0.15) is 4.99 Å². The number of carbonyl (C=O) groups is 1. The van der Waals surface area contributed by atoms with Crippen molar-refractivity contribution < 1.29 is 22.7 Å². The Kier molecular flexibility index (Phi) is 7.40. The van der Waals surface area contributed by atoms with Gasteiger partial charge in [0.25, 0.3) is 0 Å². The van der Waals surface area contributed by atoms with Gasteiger partial charge in [0, 0.05) is 28.3 Å². The summed E-state index contributed by atoms with van der Waals surface area (Å²) in [6.07, 6.45) is 0.347. The molecule has 2 aliphatic rings. The van der Waals surface area contributed by atoms with Gasteiger partial charge >= 0.3 is 0 Å². The van der Waals surface area contributed by atoms with Crippen LogP contribution in [0.4, 0.5) is 5.69 Å². The Balaban J connectivity index is 2.07. The molecule has 7 nitrogen and oxygen atoms in total. The maximum absolute atomic E-state index is 12.4. The molecule has 10 heteroatoms. The van der Waals surface area contributed by atoms with E-state index in [2.05, 4.69) is 20.9 Å². The first-order valence-corrected chi connectivity index (χ1v) is 13.5. The lowest BCUT2D eigenvalue weighted by molar-refractivity contribution is -0.118. The lowest BCUT2D eigenvalue weighted by Gasteiger charge is -2.27. The van der Waals surface area contributed by atoms with E-state index in [1.165, 1.54) is 11.8 Å². The highest BCUT2D eigenvalue weighted by atomic mass is 79.9. The van der Waals surface area contributed by atoms with Crippen LogP contribution in [0, 0.1) is 5.92 Å². The molecule has 166 valence electrons. The Bertz CT molecular complexity index is 949. The van der Waals surface area contributed by atoms with Crippen LogP contribution >= 0.6 is 27.7 Å². The number of sulfone groups is 1. The van der Waals surface area contributed by atoms with E-state index in [1.54, 1.807) is 0 Å². The lowest BCUT2D eigenvalue weighted by Crippen LogP contribution is -2.38. The van der Waals surface area contributed by atoms with Crippen molar-refractivity contribution in [3.8, 4) is 11.5 Å². The van der Waals surface area contributed by atoms with Crippen molar-refractivity contribution in [1.29, 1.82) is 0 Å². The maximum Gasteiger partial charge on any atom is 0.248 e. The summed E-state index contributed by atoms with van der Waals surface area (Å²) >= 11 is 4.96. The topological polar surface area (TPSA) is 85.3 Å². The molecule has 30 heavy (non-hydrogen) atoms. The van der Waals surface area contributed by atoms with Gasteiger partial charge in [-0.1, -0.05) is 25.6 Å². The minimum Gasteiger partial charge on any atom is -0.490 e. The van der Waals surface area contributed by atoms with Crippen molar-refractivity contribution in [1.82, 2.24) is 0 Å². The summed E-state index contributed by atoms with van der Waals surface area (Å²) in [5.74, 6) is 1.29. The molecule has 2 heterocycles. The molecule has 2 aliphatic heterocycles. The summed E-state index contributed by atoms with van der Waals surface area (Å²) in [7, 11) is -3.14. The summed E-state index contributed by atoms with van der Waals surface area (Å²) in [5, 5.41) is 0.382. The smallest absolute Gasteiger partial charge is 0.248 e. The molecule has 2 unspecified atom stereocenters. The molecule has 1 amide bonds. The van der Waals surface area contributed by atoms with Crippen LogP contribution in [0.3, 0.4) is 0 Å². The van der Waals surface area contributed by atoms with Gasteiger partial charge < -0.3 is 14.4 Å². The number of fused-ring (bicyclic) bond motifs is 1. The number of aliphatic imine (C=N–C) groups is 1. The van der Waals surface area contributed by atoms with Crippen LogP contribution < -0.4 is 14.4 Å². The fourth-order valence-electron chi connectivity index (χ4n) is 3.59. The van der Waals surface area contributed by atoms with Crippen molar-refractivity contribution in [2.45, 2.75) is 45.4 Å². The van der Waals surface area contributed by atoms with E-state index in [0.29, 0.717) is 36.3 Å². The average molecular weight is 519 g/mol. The number of halogens is 1. The molecular weight excluding hydrogens is 492 g/mol. The highest BCUT2D eigenvalue weighted by Crippen LogP contribution is 2.46. The third-order valence-corrected chi connectivity index (χ3v) is 8.59. The van der Waals surface area contributed by atoms with Gasteiger partial charge in [0.1, 0.15) is 0 Å². The molecule has 0 saturated carbocycles. The van der Waals surface area contributed by atoms with Crippen molar-refractivity contribution in [2.24, 2.45) is 10.9 Å². The minimum atomic E-state index is -3.14. The lowest BCUT2D eigenvalue weighted by atomic mass is 10.1. The quantitative estimate of drug-likeness (QED) is 0.540. The molecule has 0 bridgehead atoms. The van der Waals surface area contributed by atoms with Crippen molar-refractivity contribution in [3.05, 3.63) is 16.6 Å². The van der Waals surface area contributed by atoms with Crippen LogP contribution in [0.2, 0.25) is 0 Å². The number of amides is 1. The zero-order valence-electron chi connectivity index (χ0n) is 17.6. The summed E-state index contributed by atoms with van der Waals surface area (Å²) in [6.45, 7) is 8.68. The highest BCUT2D eigenvalue weighted by Gasteiger charge is 2.50. The summed E-state index contributed by atoms with van der Waals surface area (Å²) in [6, 6.07) is 3.36. The van der Waals surface area contributed by atoms with E-state index in [4.69, 9.17) is 9.47 Å². The van der Waals surface area contributed by atoms with Gasteiger partial charge in [-0.25, -0.2) is 8.42 Å². The third-order valence-electron chi connectivity index (χ3n) is 4.74. The molecule has 2 atom stereocenters. The number of thioether (sulfide) groups is 1. The second kappa shape index (κ2) is 9.48. The van der Waals surface area contributed by atoms with Crippen molar-refractivity contribution in [3.63, 3.8) is 0 Å². The molecule has 0 spiro atoms. The van der Waals surface area contributed by atoms with Gasteiger partial charge in [0.15, 0.2) is 26.5 Å². The molecular formula is C20H27BrN2O5S2. The molecule has 0 radical (unpaired) electrons. The van der Waals surface area contributed by atoms with Gasteiger partial charge in [-0.15, -0.1) is 0 Å². The van der Waals surface area contributed by atoms with Crippen LogP contribution in [0.5, 0.6) is 11.5 Å². The van der Waals surface area contributed by atoms with Crippen molar-refractivity contribution >= 4 is 54.3 Å². The Morgan fingerprint density at radius 2 is 1.87 bits per heavy atom. The van der Waals surface area contributed by atoms with Gasteiger partial charge in [-0.05, 0) is 35.7 Å². The zero-order valence-corrected chi connectivity index (χ0v) is 20.8.